The highest BCUT2D eigenvalue weighted by atomic mass is 16.5. The Morgan fingerprint density at radius 3 is 2.72 bits per heavy atom. The van der Waals surface area contributed by atoms with Crippen molar-refractivity contribution >= 4 is 5.91 Å². The highest BCUT2D eigenvalue weighted by Crippen LogP contribution is 2.54. The number of hydrogen-bond donors (Lipinski definition) is 2. The van der Waals surface area contributed by atoms with Crippen LogP contribution in [0.25, 0.3) is 0 Å². The van der Waals surface area contributed by atoms with Crippen LogP contribution in [0.3, 0.4) is 0 Å². The number of benzene rings is 2. The van der Waals surface area contributed by atoms with Crippen LogP contribution in [0.2, 0.25) is 0 Å². The maximum Gasteiger partial charge on any atom is 0.251 e. The van der Waals surface area contributed by atoms with Gasteiger partial charge in [0.2, 0.25) is 0 Å². The highest BCUT2D eigenvalue weighted by molar-refractivity contribution is 5.94. The first-order valence-corrected chi connectivity index (χ1v) is 14.9. The molecule has 1 saturated heterocycles. The van der Waals surface area contributed by atoms with Gasteiger partial charge in [0.1, 0.15) is 5.60 Å². The number of nitrogens with one attached hydrogen (secondary N) is 1. The van der Waals surface area contributed by atoms with E-state index in [1.54, 1.807) is 0 Å². The number of hydrogen-bond acceptors (Lipinski definition) is 4. The Bertz CT molecular complexity index is 1180. The SMILES string of the molecule is CC#C[C@@]1(O)CC[C@@]2(Cc3ccccc3)c3ccc(C(=O)NCCCCCN4CCOCC4)cc3CC[C@@H]2C1. The van der Waals surface area contributed by atoms with Crippen LogP contribution < -0.4 is 5.32 Å². The maximum atomic E-state index is 13.0. The molecule has 0 bridgehead atoms. The number of fused-ring (bicyclic) bond motifs is 3. The van der Waals surface area contributed by atoms with E-state index in [-0.39, 0.29) is 11.3 Å². The predicted molar refractivity (Wildman–Crippen MR) is 156 cm³/mol. The van der Waals surface area contributed by atoms with Gasteiger partial charge in [-0.1, -0.05) is 48.7 Å². The van der Waals surface area contributed by atoms with Crippen LogP contribution in [0.5, 0.6) is 0 Å². The zero-order valence-corrected chi connectivity index (χ0v) is 23.5. The van der Waals surface area contributed by atoms with Crippen molar-refractivity contribution in [2.45, 2.75) is 75.7 Å². The molecule has 0 spiro atoms. The van der Waals surface area contributed by atoms with Crippen molar-refractivity contribution in [2.75, 3.05) is 39.4 Å². The minimum Gasteiger partial charge on any atom is -0.379 e. The lowest BCUT2D eigenvalue weighted by atomic mass is 9.52. The Kier molecular flexibility index (Phi) is 9.07. The number of aliphatic hydroxyl groups is 1. The molecular weight excluding hydrogens is 484 g/mol. The van der Waals surface area contributed by atoms with Crippen LogP contribution in [-0.4, -0.2) is 60.9 Å². The number of nitrogens with zero attached hydrogens (tertiary/aromatic N) is 1. The fraction of sp³-hybridized carbons (Fsp3) is 0.559. The van der Waals surface area contributed by atoms with Crippen LogP contribution in [0.15, 0.2) is 48.5 Å². The zero-order chi connectivity index (χ0) is 27.1. The Balaban J connectivity index is 1.24. The first kappa shape index (κ1) is 27.9. The number of unbranched alkanes of at least 4 members (excludes halogenated alkanes) is 2. The molecule has 1 heterocycles. The summed E-state index contributed by atoms with van der Waals surface area (Å²) in [4.78, 5) is 15.5. The van der Waals surface area contributed by atoms with Gasteiger partial charge in [-0.25, -0.2) is 0 Å². The Morgan fingerprint density at radius 1 is 1.10 bits per heavy atom. The minimum absolute atomic E-state index is 0.0291. The van der Waals surface area contributed by atoms with E-state index in [0.717, 1.165) is 83.5 Å². The fourth-order valence-electron chi connectivity index (χ4n) is 7.23. The van der Waals surface area contributed by atoms with Crippen molar-refractivity contribution in [3.8, 4) is 11.8 Å². The topological polar surface area (TPSA) is 61.8 Å². The molecule has 2 aromatic rings. The van der Waals surface area contributed by atoms with E-state index in [4.69, 9.17) is 4.74 Å². The molecule has 2 fully saturated rings. The Morgan fingerprint density at radius 2 is 1.92 bits per heavy atom. The van der Waals surface area contributed by atoms with Crippen LogP contribution in [0, 0.1) is 17.8 Å². The molecule has 0 unspecified atom stereocenters. The highest BCUT2D eigenvalue weighted by Gasteiger charge is 2.51. The van der Waals surface area contributed by atoms with E-state index >= 15 is 0 Å². The second-order valence-electron chi connectivity index (χ2n) is 11.8. The van der Waals surface area contributed by atoms with E-state index < -0.39 is 5.60 Å². The second kappa shape index (κ2) is 12.7. The third kappa shape index (κ3) is 6.57. The molecule has 5 nitrogen and oxygen atoms in total. The van der Waals surface area contributed by atoms with Gasteiger partial charge in [0.25, 0.3) is 5.91 Å². The number of carbonyl (C=O) groups excluding carboxylic acids is 1. The Labute approximate surface area is 234 Å². The van der Waals surface area contributed by atoms with Gasteiger partial charge < -0.3 is 15.2 Å². The summed E-state index contributed by atoms with van der Waals surface area (Å²) in [5, 5.41) is 14.4. The number of amides is 1. The molecule has 5 rings (SSSR count). The summed E-state index contributed by atoms with van der Waals surface area (Å²) >= 11 is 0. The second-order valence-corrected chi connectivity index (χ2v) is 11.8. The fourth-order valence-corrected chi connectivity index (χ4v) is 7.23. The third-order valence-corrected chi connectivity index (χ3v) is 9.28. The largest absolute Gasteiger partial charge is 0.379 e. The molecule has 1 amide bonds. The molecule has 0 aromatic heterocycles. The van der Waals surface area contributed by atoms with Gasteiger partial charge in [-0.2, -0.15) is 0 Å². The van der Waals surface area contributed by atoms with Crippen molar-refractivity contribution < 1.29 is 14.6 Å². The molecule has 2 aromatic carbocycles. The van der Waals surface area contributed by atoms with Crippen molar-refractivity contribution in [3.05, 3.63) is 70.8 Å². The van der Waals surface area contributed by atoms with Crippen molar-refractivity contribution in [2.24, 2.45) is 5.92 Å². The van der Waals surface area contributed by atoms with E-state index in [0.29, 0.717) is 18.8 Å². The summed E-state index contributed by atoms with van der Waals surface area (Å²) in [6.45, 7) is 7.43. The van der Waals surface area contributed by atoms with Gasteiger partial charge in [-0.3, -0.25) is 9.69 Å². The number of aryl methyl sites for hydroxylation is 1. The van der Waals surface area contributed by atoms with Gasteiger partial charge in [0.15, 0.2) is 0 Å². The average molecular weight is 529 g/mol. The first-order valence-electron chi connectivity index (χ1n) is 14.9. The molecular formula is C34H44N2O3. The van der Waals surface area contributed by atoms with Gasteiger partial charge >= 0.3 is 0 Å². The standard InChI is InChI=1S/C34H44N2O3/c1-2-15-33(38)16-17-34(25-27-9-5-3-6-10-27)30(26-33)13-11-28-24-29(12-14-31(28)34)32(37)35-18-7-4-8-19-36-20-22-39-23-21-36/h3,5-6,9-10,12,14,24,30,38H,4,7-8,11,13,16-23,25-26H2,1H3,(H,35,37)/t30-,33-,34+/m1/s1. The maximum absolute atomic E-state index is 13.0. The van der Waals surface area contributed by atoms with Crippen LogP contribution in [0.1, 0.15) is 78.9 Å². The molecule has 3 aliphatic rings. The number of rotatable bonds is 9. The summed E-state index contributed by atoms with van der Waals surface area (Å²) < 4.78 is 5.42. The van der Waals surface area contributed by atoms with Gasteiger partial charge in [0.05, 0.1) is 13.2 Å². The van der Waals surface area contributed by atoms with Crippen LogP contribution in [0.4, 0.5) is 0 Å². The normalized spacial score (nSPS) is 26.6. The lowest BCUT2D eigenvalue weighted by molar-refractivity contribution is -0.00801. The monoisotopic (exact) mass is 528 g/mol. The summed E-state index contributed by atoms with van der Waals surface area (Å²) in [6.07, 6.45) is 8.51. The smallest absolute Gasteiger partial charge is 0.251 e. The molecule has 1 saturated carbocycles. The van der Waals surface area contributed by atoms with Crippen molar-refractivity contribution in [3.63, 3.8) is 0 Å². The molecule has 3 atom stereocenters. The molecule has 2 aliphatic carbocycles. The van der Waals surface area contributed by atoms with Gasteiger partial charge in [0, 0.05) is 30.6 Å². The predicted octanol–water partition coefficient (Wildman–Crippen LogP) is 4.90. The summed E-state index contributed by atoms with van der Waals surface area (Å²) in [5.74, 6) is 6.48. The lowest BCUT2D eigenvalue weighted by Gasteiger charge is -2.52. The molecule has 39 heavy (non-hydrogen) atoms. The Hall–Kier alpha value is -2.65. The first-order chi connectivity index (χ1) is 19.0. The van der Waals surface area contributed by atoms with E-state index in [1.807, 2.05) is 13.0 Å². The molecule has 1 aliphatic heterocycles. The molecule has 2 N–H and O–H groups in total. The van der Waals surface area contributed by atoms with Crippen molar-refractivity contribution in [1.29, 1.82) is 0 Å². The van der Waals surface area contributed by atoms with Gasteiger partial charge in [-0.15, -0.1) is 5.92 Å². The zero-order valence-electron chi connectivity index (χ0n) is 23.5. The lowest BCUT2D eigenvalue weighted by Crippen LogP contribution is -2.51. The summed E-state index contributed by atoms with van der Waals surface area (Å²) in [5.41, 5.74) is 3.84. The number of morpholine rings is 1. The van der Waals surface area contributed by atoms with Crippen LogP contribution in [-0.2, 0) is 23.0 Å². The summed E-state index contributed by atoms with van der Waals surface area (Å²) in [7, 11) is 0. The molecule has 5 heteroatoms. The van der Waals surface area contributed by atoms with E-state index in [9.17, 15) is 9.90 Å². The van der Waals surface area contributed by atoms with E-state index in [2.05, 4.69) is 64.5 Å². The van der Waals surface area contributed by atoms with Gasteiger partial charge in [-0.05, 0) is 99.6 Å². The quantitative estimate of drug-likeness (QED) is 0.359. The third-order valence-electron chi connectivity index (χ3n) is 9.28. The number of carbonyl (C=O) groups is 1. The summed E-state index contributed by atoms with van der Waals surface area (Å²) in [6, 6.07) is 17.1. The van der Waals surface area contributed by atoms with E-state index in [1.165, 1.54) is 23.1 Å². The van der Waals surface area contributed by atoms with Crippen molar-refractivity contribution in [1.82, 2.24) is 10.2 Å². The van der Waals surface area contributed by atoms with Crippen LogP contribution >= 0.6 is 0 Å². The minimum atomic E-state index is -0.890. The molecule has 0 radical (unpaired) electrons. The number of ether oxygens (including phenoxy) is 1. The molecule has 208 valence electrons. The average Bonchev–Trinajstić information content (AvgIpc) is 2.96.